The van der Waals surface area contributed by atoms with Crippen LogP contribution in [0, 0.1) is 5.92 Å². The molecule has 2 N–H and O–H groups in total. The summed E-state index contributed by atoms with van der Waals surface area (Å²) in [4.78, 5) is 27.8. The molecular weight excluding hydrogens is 256 g/mol. The molecule has 1 amide bonds. The smallest absolute Gasteiger partial charge is 0.335 e. The molecule has 1 aromatic rings. The van der Waals surface area contributed by atoms with E-state index >= 15 is 0 Å². The van der Waals surface area contributed by atoms with Crippen molar-refractivity contribution in [2.45, 2.75) is 33.2 Å². The van der Waals surface area contributed by atoms with Gasteiger partial charge in [0.1, 0.15) is 6.04 Å². The van der Waals surface area contributed by atoms with E-state index in [9.17, 15) is 9.59 Å². The van der Waals surface area contributed by atoms with Crippen LogP contribution in [0.15, 0.2) is 23.2 Å². The van der Waals surface area contributed by atoms with E-state index in [1.54, 1.807) is 6.07 Å². The molecule has 0 saturated carbocycles. The summed E-state index contributed by atoms with van der Waals surface area (Å²) in [7, 11) is 0. The number of carboxylic acid groups (broad SMARTS) is 1. The second kappa shape index (κ2) is 5.45. The topological polar surface area (TPSA) is 78.8 Å². The molecule has 2 rings (SSSR count). The van der Waals surface area contributed by atoms with Crippen molar-refractivity contribution in [2.75, 3.05) is 5.32 Å². The van der Waals surface area contributed by atoms with Crippen LogP contribution >= 0.6 is 0 Å². The third kappa shape index (κ3) is 2.57. The second-order valence-electron chi connectivity index (χ2n) is 5.10. The Morgan fingerprint density at radius 1 is 1.50 bits per heavy atom. The van der Waals surface area contributed by atoms with Crippen molar-refractivity contribution < 1.29 is 14.7 Å². The second-order valence-corrected chi connectivity index (χ2v) is 5.10. The van der Waals surface area contributed by atoms with Crippen LogP contribution in [0.25, 0.3) is 0 Å². The number of aromatic carboxylic acids is 1. The molecule has 106 valence electrons. The summed E-state index contributed by atoms with van der Waals surface area (Å²) in [5.74, 6) is -1.06. The highest BCUT2D eigenvalue weighted by atomic mass is 16.4. The predicted octanol–water partition coefficient (Wildman–Crippen LogP) is 2.56. The van der Waals surface area contributed by atoms with Crippen molar-refractivity contribution in [3.8, 4) is 0 Å². The lowest BCUT2D eigenvalue weighted by Gasteiger charge is -2.16. The first-order valence-electron chi connectivity index (χ1n) is 6.67. The Balaban J connectivity index is 2.46. The first-order valence-corrected chi connectivity index (χ1v) is 6.67. The molecule has 0 spiro atoms. The van der Waals surface area contributed by atoms with Crippen LogP contribution in [0.2, 0.25) is 0 Å². The van der Waals surface area contributed by atoms with Gasteiger partial charge in [0, 0.05) is 11.3 Å². The summed E-state index contributed by atoms with van der Waals surface area (Å²) in [6.45, 7) is 5.85. The number of rotatable bonds is 3. The Kier molecular flexibility index (Phi) is 3.88. The maximum Gasteiger partial charge on any atom is 0.335 e. The van der Waals surface area contributed by atoms with Crippen molar-refractivity contribution >= 4 is 23.3 Å². The largest absolute Gasteiger partial charge is 0.478 e. The summed E-state index contributed by atoms with van der Waals surface area (Å²) in [5, 5.41) is 11.8. The highest BCUT2D eigenvalue weighted by Gasteiger charge is 2.27. The van der Waals surface area contributed by atoms with Gasteiger partial charge in [-0.05, 0) is 25.0 Å². The Hall–Kier alpha value is -2.17. The number of aliphatic imine (C=N–C) groups is 1. The number of carbonyl (C=O) groups is 2. The Labute approximate surface area is 117 Å². The van der Waals surface area contributed by atoms with Gasteiger partial charge in [0.15, 0.2) is 0 Å². The first kappa shape index (κ1) is 14.2. The number of benzodiazepines with no additional fused rings is 1. The number of carbonyl (C=O) groups excluding carboxylic acids is 1. The number of fused-ring (bicyclic) bond motifs is 1. The van der Waals surface area contributed by atoms with E-state index in [4.69, 9.17) is 5.11 Å². The number of nitrogens with one attached hydrogen (secondary N) is 1. The molecule has 1 heterocycles. The van der Waals surface area contributed by atoms with Gasteiger partial charge < -0.3 is 10.4 Å². The standard InChI is InChI=1S/C15H18N2O3/c1-4-8(2)13-14(18)17-12-7-10(15(19)20)5-6-11(12)9(3)16-13/h5-8,13H,4H2,1-3H3,(H,17,18)(H,19,20)/t8-,13-/m0/s1. The van der Waals surface area contributed by atoms with Gasteiger partial charge in [-0.25, -0.2) is 4.79 Å². The number of amides is 1. The zero-order chi connectivity index (χ0) is 14.9. The van der Waals surface area contributed by atoms with Crippen molar-refractivity contribution in [1.82, 2.24) is 0 Å². The van der Waals surface area contributed by atoms with Crippen LogP contribution in [0.1, 0.15) is 43.1 Å². The van der Waals surface area contributed by atoms with Gasteiger partial charge in [-0.15, -0.1) is 0 Å². The number of benzene rings is 1. The highest BCUT2D eigenvalue weighted by Crippen LogP contribution is 2.25. The fourth-order valence-corrected chi connectivity index (χ4v) is 2.25. The van der Waals surface area contributed by atoms with Crippen LogP contribution in [0.4, 0.5) is 5.69 Å². The number of carboxylic acids is 1. The summed E-state index contributed by atoms with van der Waals surface area (Å²) >= 11 is 0. The van der Waals surface area contributed by atoms with Crippen LogP contribution in [-0.2, 0) is 4.79 Å². The molecule has 1 aliphatic rings. The SMILES string of the molecule is CC[C@H](C)[C@@H]1N=C(C)c2ccc(C(=O)O)cc2NC1=O. The molecule has 0 unspecified atom stereocenters. The summed E-state index contributed by atoms with van der Waals surface area (Å²) < 4.78 is 0. The molecule has 5 heteroatoms. The van der Waals surface area contributed by atoms with E-state index in [1.807, 2.05) is 20.8 Å². The molecule has 5 nitrogen and oxygen atoms in total. The molecule has 0 saturated heterocycles. The minimum atomic E-state index is -1.01. The molecule has 1 aliphatic heterocycles. The number of hydrogen-bond donors (Lipinski definition) is 2. The van der Waals surface area contributed by atoms with E-state index < -0.39 is 12.0 Å². The molecule has 0 aliphatic carbocycles. The number of nitrogens with zero attached hydrogens (tertiary/aromatic N) is 1. The van der Waals surface area contributed by atoms with E-state index in [-0.39, 0.29) is 17.4 Å². The Morgan fingerprint density at radius 3 is 2.80 bits per heavy atom. The van der Waals surface area contributed by atoms with Gasteiger partial charge in [-0.2, -0.15) is 0 Å². The average Bonchev–Trinajstić information content (AvgIpc) is 2.54. The fourth-order valence-electron chi connectivity index (χ4n) is 2.25. The molecule has 0 fully saturated rings. The number of anilines is 1. The van der Waals surface area contributed by atoms with Crippen LogP contribution in [0.3, 0.4) is 0 Å². The molecule has 20 heavy (non-hydrogen) atoms. The maximum absolute atomic E-state index is 12.2. The first-order chi connectivity index (χ1) is 9.43. The minimum absolute atomic E-state index is 0.137. The normalized spacial score (nSPS) is 19.4. The lowest BCUT2D eigenvalue weighted by Crippen LogP contribution is -2.31. The van der Waals surface area contributed by atoms with Crippen molar-refractivity contribution in [2.24, 2.45) is 10.9 Å². The average molecular weight is 274 g/mol. The monoisotopic (exact) mass is 274 g/mol. The van der Waals surface area contributed by atoms with Gasteiger partial charge in [-0.1, -0.05) is 26.3 Å². The van der Waals surface area contributed by atoms with Gasteiger partial charge in [-0.3, -0.25) is 9.79 Å². The maximum atomic E-state index is 12.2. The number of hydrogen-bond acceptors (Lipinski definition) is 3. The van der Waals surface area contributed by atoms with Gasteiger partial charge >= 0.3 is 5.97 Å². The molecular formula is C15H18N2O3. The summed E-state index contributed by atoms with van der Waals surface area (Å²) in [6, 6.07) is 4.26. The Bertz CT molecular complexity index is 593. The third-order valence-corrected chi connectivity index (χ3v) is 3.70. The highest BCUT2D eigenvalue weighted by molar-refractivity contribution is 6.11. The van der Waals surface area contributed by atoms with E-state index in [0.29, 0.717) is 5.69 Å². The van der Waals surface area contributed by atoms with Gasteiger partial charge in [0.05, 0.1) is 11.3 Å². The van der Waals surface area contributed by atoms with E-state index in [2.05, 4.69) is 10.3 Å². The van der Waals surface area contributed by atoms with E-state index in [0.717, 1.165) is 17.7 Å². The zero-order valence-corrected chi connectivity index (χ0v) is 11.8. The van der Waals surface area contributed by atoms with Crippen molar-refractivity contribution in [1.29, 1.82) is 0 Å². The molecule has 0 radical (unpaired) electrons. The van der Waals surface area contributed by atoms with Crippen LogP contribution in [0.5, 0.6) is 0 Å². The molecule has 0 bridgehead atoms. The van der Waals surface area contributed by atoms with Crippen LogP contribution < -0.4 is 5.32 Å². The van der Waals surface area contributed by atoms with Crippen LogP contribution in [-0.4, -0.2) is 28.7 Å². The fraction of sp³-hybridized carbons (Fsp3) is 0.400. The molecule has 0 aromatic heterocycles. The summed E-state index contributed by atoms with van der Waals surface area (Å²) in [6.07, 6.45) is 0.853. The van der Waals surface area contributed by atoms with Gasteiger partial charge in [0.2, 0.25) is 5.91 Å². The van der Waals surface area contributed by atoms with Crippen molar-refractivity contribution in [3.05, 3.63) is 29.3 Å². The predicted molar refractivity (Wildman–Crippen MR) is 77.5 cm³/mol. The third-order valence-electron chi connectivity index (χ3n) is 3.70. The van der Waals surface area contributed by atoms with Gasteiger partial charge in [0.25, 0.3) is 0 Å². The summed E-state index contributed by atoms with van der Waals surface area (Å²) in [5.41, 5.74) is 2.19. The Morgan fingerprint density at radius 2 is 2.20 bits per heavy atom. The lowest BCUT2D eigenvalue weighted by molar-refractivity contribution is -0.118. The quantitative estimate of drug-likeness (QED) is 0.889. The zero-order valence-electron chi connectivity index (χ0n) is 11.8. The van der Waals surface area contributed by atoms with E-state index in [1.165, 1.54) is 12.1 Å². The minimum Gasteiger partial charge on any atom is -0.478 e. The lowest BCUT2D eigenvalue weighted by atomic mass is 9.99. The molecule has 1 aromatic carbocycles. The molecule has 2 atom stereocenters. The van der Waals surface area contributed by atoms with Crippen molar-refractivity contribution in [3.63, 3.8) is 0 Å².